The normalized spacial score (nSPS) is 15.3. The average Bonchev–Trinajstić information content (AvgIpc) is 2.50. The van der Waals surface area contributed by atoms with E-state index in [0.717, 1.165) is 19.3 Å². The molecule has 3 N–H and O–H groups in total. The quantitative estimate of drug-likeness (QED) is 0.338. The summed E-state index contributed by atoms with van der Waals surface area (Å²) in [4.78, 5) is 11.5. The molecule has 0 saturated carbocycles. The van der Waals surface area contributed by atoms with Crippen LogP contribution in [0.5, 0.6) is 0 Å². The number of hydrogen-bond acceptors (Lipinski definition) is 5. The lowest BCUT2D eigenvalue weighted by Crippen LogP contribution is -2.39. The number of rotatable bonds is 14. The Labute approximate surface area is 134 Å². The van der Waals surface area contributed by atoms with Crippen LogP contribution in [-0.2, 0) is 9.53 Å². The van der Waals surface area contributed by atoms with E-state index in [-0.39, 0.29) is 12.6 Å². The monoisotopic (exact) mass is 318 g/mol. The van der Waals surface area contributed by atoms with Crippen LogP contribution in [0.25, 0.3) is 0 Å². The largest absolute Gasteiger partial charge is 0.463 e. The lowest BCUT2D eigenvalue weighted by Gasteiger charge is -2.19. The first-order valence-electron chi connectivity index (χ1n) is 8.68. The van der Waals surface area contributed by atoms with Gasteiger partial charge in [0.15, 0.2) is 0 Å². The number of carbonyl (C=O) groups is 1. The van der Waals surface area contributed by atoms with Gasteiger partial charge in [-0.3, -0.25) is 4.79 Å². The molecule has 0 aromatic carbocycles. The molecule has 0 aliphatic carbocycles. The lowest BCUT2D eigenvalue weighted by atomic mass is 10.1. The van der Waals surface area contributed by atoms with Gasteiger partial charge in [0, 0.05) is 6.42 Å². The summed E-state index contributed by atoms with van der Waals surface area (Å²) in [5, 5.41) is 27.9. The van der Waals surface area contributed by atoms with Crippen molar-refractivity contribution in [3.63, 3.8) is 0 Å². The van der Waals surface area contributed by atoms with Crippen molar-refractivity contribution in [3.8, 4) is 0 Å². The Morgan fingerprint density at radius 3 is 1.91 bits per heavy atom. The zero-order valence-electron chi connectivity index (χ0n) is 14.2. The van der Waals surface area contributed by atoms with Gasteiger partial charge >= 0.3 is 5.97 Å². The summed E-state index contributed by atoms with van der Waals surface area (Å²) in [6, 6.07) is 0. The molecule has 0 radical (unpaired) electrons. The Bertz CT molecular complexity index is 268. The minimum absolute atomic E-state index is 0.275. The van der Waals surface area contributed by atoms with Crippen LogP contribution in [0.2, 0.25) is 0 Å². The van der Waals surface area contributed by atoms with Gasteiger partial charge in [0.05, 0.1) is 6.10 Å². The summed E-state index contributed by atoms with van der Waals surface area (Å²) >= 11 is 0. The molecule has 0 heterocycles. The second-order valence-corrected chi connectivity index (χ2v) is 6.06. The van der Waals surface area contributed by atoms with Gasteiger partial charge in [-0.15, -0.1) is 0 Å². The molecule has 3 unspecified atom stereocenters. The molecule has 0 amide bonds. The van der Waals surface area contributed by atoms with Crippen LogP contribution >= 0.6 is 0 Å². The zero-order chi connectivity index (χ0) is 16.8. The van der Waals surface area contributed by atoms with Gasteiger partial charge in [0.2, 0.25) is 0 Å². The van der Waals surface area contributed by atoms with Crippen molar-refractivity contribution in [2.45, 2.75) is 96.4 Å². The molecule has 0 rings (SSSR count). The highest BCUT2D eigenvalue weighted by Gasteiger charge is 2.22. The van der Waals surface area contributed by atoms with Crippen LogP contribution < -0.4 is 0 Å². The van der Waals surface area contributed by atoms with Crippen molar-refractivity contribution in [2.24, 2.45) is 0 Å². The van der Waals surface area contributed by atoms with Gasteiger partial charge in [0.1, 0.15) is 18.8 Å². The molecule has 22 heavy (non-hydrogen) atoms. The molecule has 0 bridgehead atoms. The fourth-order valence-corrected chi connectivity index (χ4v) is 2.25. The maximum Gasteiger partial charge on any atom is 0.305 e. The minimum atomic E-state index is -1.29. The van der Waals surface area contributed by atoms with Crippen molar-refractivity contribution in [1.82, 2.24) is 0 Å². The van der Waals surface area contributed by atoms with E-state index < -0.39 is 18.3 Å². The second kappa shape index (κ2) is 14.0. The van der Waals surface area contributed by atoms with Crippen molar-refractivity contribution in [2.75, 3.05) is 6.61 Å². The maximum absolute atomic E-state index is 11.5. The highest BCUT2D eigenvalue weighted by Crippen LogP contribution is 2.11. The molecule has 5 nitrogen and oxygen atoms in total. The number of ether oxygens (including phenoxy) is 1. The zero-order valence-corrected chi connectivity index (χ0v) is 14.2. The average molecular weight is 318 g/mol. The highest BCUT2D eigenvalue weighted by atomic mass is 16.5. The van der Waals surface area contributed by atoms with E-state index in [4.69, 9.17) is 9.84 Å². The van der Waals surface area contributed by atoms with E-state index >= 15 is 0 Å². The molecule has 5 heteroatoms. The molecule has 0 aromatic heterocycles. The summed E-state index contributed by atoms with van der Waals surface area (Å²) in [5.74, 6) is -0.361. The van der Waals surface area contributed by atoms with Crippen LogP contribution in [0.1, 0.15) is 78.1 Å². The standard InChI is InChI=1S/C17H34O5/c1-3-4-5-6-7-8-9-10-11-12-16(20)22-13-15(19)17(21)14(2)18/h14-15,17-19,21H,3-13H2,1-2H3. The Hall–Kier alpha value is -0.650. The molecule has 132 valence electrons. The van der Waals surface area contributed by atoms with E-state index in [0.29, 0.717) is 6.42 Å². The van der Waals surface area contributed by atoms with Gasteiger partial charge in [-0.25, -0.2) is 0 Å². The smallest absolute Gasteiger partial charge is 0.305 e. The van der Waals surface area contributed by atoms with E-state index in [1.165, 1.54) is 45.4 Å². The summed E-state index contributed by atoms with van der Waals surface area (Å²) in [6.07, 6.45) is 7.42. The second-order valence-electron chi connectivity index (χ2n) is 6.06. The van der Waals surface area contributed by atoms with Gasteiger partial charge in [0.25, 0.3) is 0 Å². The van der Waals surface area contributed by atoms with Crippen LogP contribution in [0.15, 0.2) is 0 Å². The van der Waals surface area contributed by atoms with Gasteiger partial charge < -0.3 is 20.1 Å². The third-order valence-corrected chi connectivity index (χ3v) is 3.79. The maximum atomic E-state index is 11.5. The van der Waals surface area contributed by atoms with E-state index in [1.807, 2.05) is 0 Å². The van der Waals surface area contributed by atoms with Crippen molar-refractivity contribution in [3.05, 3.63) is 0 Å². The SMILES string of the molecule is CCCCCCCCCCCC(=O)OCC(O)C(O)C(C)O. The molecule has 3 atom stereocenters. The molecule has 0 aliphatic heterocycles. The molecular formula is C17H34O5. The molecule has 0 aliphatic rings. The first-order chi connectivity index (χ1) is 10.5. The predicted molar refractivity (Wildman–Crippen MR) is 86.5 cm³/mol. The highest BCUT2D eigenvalue weighted by molar-refractivity contribution is 5.69. The summed E-state index contributed by atoms with van der Waals surface area (Å²) in [6.45, 7) is 3.31. The molecule has 0 fully saturated rings. The van der Waals surface area contributed by atoms with Crippen molar-refractivity contribution < 1.29 is 24.9 Å². The summed E-state index contributed by atoms with van der Waals surface area (Å²) in [5.41, 5.74) is 0. The van der Waals surface area contributed by atoms with E-state index in [1.54, 1.807) is 0 Å². The fraction of sp³-hybridized carbons (Fsp3) is 0.941. The third-order valence-electron chi connectivity index (χ3n) is 3.79. The Balaban J connectivity index is 3.43. The van der Waals surface area contributed by atoms with Crippen molar-refractivity contribution >= 4 is 5.97 Å². The van der Waals surface area contributed by atoms with Gasteiger partial charge in [-0.05, 0) is 13.3 Å². The number of aliphatic hydroxyl groups excluding tert-OH is 3. The summed E-state index contributed by atoms with van der Waals surface area (Å²) in [7, 11) is 0. The van der Waals surface area contributed by atoms with Crippen LogP contribution in [-0.4, -0.2) is 46.2 Å². The lowest BCUT2D eigenvalue weighted by molar-refractivity contribution is -0.151. The van der Waals surface area contributed by atoms with Crippen LogP contribution in [0, 0.1) is 0 Å². The number of hydrogen-bond donors (Lipinski definition) is 3. The number of esters is 1. The number of aliphatic hydroxyl groups is 3. The molecule has 0 aromatic rings. The topological polar surface area (TPSA) is 87.0 Å². The van der Waals surface area contributed by atoms with E-state index in [9.17, 15) is 15.0 Å². The minimum Gasteiger partial charge on any atom is -0.463 e. The Morgan fingerprint density at radius 2 is 1.41 bits per heavy atom. The number of carbonyl (C=O) groups excluding carboxylic acids is 1. The third kappa shape index (κ3) is 12.0. The Morgan fingerprint density at radius 1 is 0.909 bits per heavy atom. The van der Waals surface area contributed by atoms with Crippen LogP contribution in [0.3, 0.4) is 0 Å². The molecule has 0 saturated heterocycles. The Kier molecular flexibility index (Phi) is 13.6. The van der Waals surface area contributed by atoms with Crippen LogP contribution in [0.4, 0.5) is 0 Å². The molecule has 0 spiro atoms. The number of unbranched alkanes of at least 4 members (excludes halogenated alkanes) is 8. The van der Waals surface area contributed by atoms with Crippen molar-refractivity contribution in [1.29, 1.82) is 0 Å². The van der Waals surface area contributed by atoms with E-state index in [2.05, 4.69) is 6.92 Å². The van der Waals surface area contributed by atoms with Gasteiger partial charge in [-0.1, -0.05) is 58.3 Å². The fourth-order valence-electron chi connectivity index (χ4n) is 2.25. The summed E-state index contributed by atoms with van der Waals surface area (Å²) < 4.78 is 4.89. The predicted octanol–water partition coefficient (Wildman–Crippen LogP) is 2.55. The molecular weight excluding hydrogens is 284 g/mol. The first-order valence-corrected chi connectivity index (χ1v) is 8.68. The van der Waals surface area contributed by atoms with Gasteiger partial charge in [-0.2, -0.15) is 0 Å². The first kappa shape index (κ1) is 21.4.